The van der Waals surface area contributed by atoms with Crippen molar-refractivity contribution in [1.82, 2.24) is 9.80 Å². The van der Waals surface area contributed by atoms with Crippen LogP contribution in [0, 0.1) is 0 Å². The predicted octanol–water partition coefficient (Wildman–Crippen LogP) is -1.85. The van der Waals surface area contributed by atoms with Crippen molar-refractivity contribution in [2.45, 2.75) is 6.42 Å². The molecule has 1 aliphatic rings. The van der Waals surface area contributed by atoms with E-state index in [0.29, 0.717) is 0 Å². The number of urea groups is 1. The first-order valence-corrected chi connectivity index (χ1v) is 4.48. The lowest BCUT2D eigenvalue weighted by Gasteiger charge is -2.31. The topological polar surface area (TPSA) is 98.2 Å². The average Bonchev–Trinajstić information content (AvgIpc) is 2.19. The zero-order valence-electron chi connectivity index (χ0n) is 8.05. The first kappa shape index (κ1) is 11.6. The van der Waals surface area contributed by atoms with Gasteiger partial charge >= 0.3 is 6.03 Å². The van der Waals surface area contributed by atoms with Gasteiger partial charge in [-0.1, -0.05) is 0 Å². The number of rotatable bonds is 4. The van der Waals surface area contributed by atoms with Gasteiger partial charge in [-0.3, -0.25) is 19.4 Å². The van der Waals surface area contributed by atoms with E-state index in [0.717, 1.165) is 9.80 Å². The fourth-order valence-electron chi connectivity index (χ4n) is 1.32. The molecule has 1 rings (SSSR count). The lowest BCUT2D eigenvalue weighted by atomic mass is 10.2. The van der Waals surface area contributed by atoms with Gasteiger partial charge in [-0.05, 0) is 0 Å². The van der Waals surface area contributed by atoms with Crippen molar-refractivity contribution in [1.29, 1.82) is 0 Å². The summed E-state index contributed by atoms with van der Waals surface area (Å²) in [4.78, 5) is 35.6. The summed E-state index contributed by atoms with van der Waals surface area (Å²) in [6, 6.07) is -0.778. The second-order valence-corrected chi connectivity index (χ2v) is 3.00. The molecule has 0 aromatic rings. The lowest BCUT2D eigenvalue weighted by molar-refractivity contribution is -0.143. The number of aliphatic hydroxyl groups is 2. The average molecular weight is 216 g/mol. The van der Waals surface area contributed by atoms with Crippen LogP contribution in [0.1, 0.15) is 6.42 Å². The number of carbonyl (C=O) groups excluding carboxylic acids is 3. The molecule has 1 heterocycles. The third-order valence-electron chi connectivity index (χ3n) is 2.01. The molecule has 0 aromatic carbocycles. The standard InChI is InChI=1S/C8H12N2O5/c11-3-1-9-6(13)5-7(14)10(2-4-12)8(9)15/h11-12H,1-5H2. The Morgan fingerprint density at radius 2 is 1.33 bits per heavy atom. The molecule has 0 aromatic heterocycles. The van der Waals surface area contributed by atoms with E-state index in [2.05, 4.69) is 0 Å². The van der Waals surface area contributed by atoms with Crippen LogP contribution in [0.4, 0.5) is 4.79 Å². The van der Waals surface area contributed by atoms with Gasteiger partial charge in [0.05, 0.1) is 26.3 Å². The molecule has 15 heavy (non-hydrogen) atoms. The molecule has 1 saturated heterocycles. The van der Waals surface area contributed by atoms with Crippen molar-refractivity contribution in [2.24, 2.45) is 0 Å². The Hall–Kier alpha value is -1.47. The van der Waals surface area contributed by atoms with Gasteiger partial charge < -0.3 is 10.2 Å². The molecule has 2 N–H and O–H groups in total. The van der Waals surface area contributed by atoms with Crippen LogP contribution in [0.25, 0.3) is 0 Å². The smallest absolute Gasteiger partial charge is 0.333 e. The van der Waals surface area contributed by atoms with E-state index >= 15 is 0 Å². The monoisotopic (exact) mass is 216 g/mol. The van der Waals surface area contributed by atoms with E-state index < -0.39 is 24.3 Å². The zero-order chi connectivity index (χ0) is 11.4. The summed E-state index contributed by atoms with van der Waals surface area (Å²) in [5, 5.41) is 17.3. The third kappa shape index (κ3) is 2.31. The van der Waals surface area contributed by atoms with Crippen molar-refractivity contribution in [2.75, 3.05) is 26.3 Å². The summed E-state index contributed by atoms with van der Waals surface area (Å²) in [7, 11) is 0. The number of carbonyl (C=O) groups is 3. The highest BCUT2D eigenvalue weighted by atomic mass is 16.3. The highest BCUT2D eigenvalue weighted by Crippen LogP contribution is 2.11. The first-order valence-electron chi connectivity index (χ1n) is 4.48. The van der Waals surface area contributed by atoms with Gasteiger partial charge in [0, 0.05) is 0 Å². The number of amides is 4. The predicted molar refractivity (Wildman–Crippen MR) is 47.6 cm³/mol. The number of β-amino-alcohol motifs (C(OH)–C–C–N with tert-alkyl or cyclic N) is 2. The Kier molecular flexibility index (Phi) is 3.75. The highest BCUT2D eigenvalue weighted by molar-refractivity contribution is 6.14. The molecule has 7 nitrogen and oxygen atoms in total. The van der Waals surface area contributed by atoms with E-state index in [1.165, 1.54) is 0 Å². The molecule has 1 aliphatic heterocycles. The van der Waals surface area contributed by atoms with Gasteiger partial charge in [0.1, 0.15) is 6.42 Å². The number of imide groups is 2. The quantitative estimate of drug-likeness (QED) is 0.538. The van der Waals surface area contributed by atoms with Crippen LogP contribution in [0.15, 0.2) is 0 Å². The molecular weight excluding hydrogens is 204 g/mol. The van der Waals surface area contributed by atoms with Gasteiger partial charge in [0.15, 0.2) is 0 Å². The Balaban J connectivity index is 2.79. The molecule has 4 amide bonds. The minimum atomic E-state index is -0.778. The van der Waals surface area contributed by atoms with Crippen LogP contribution in [-0.2, 0) is 9.59 Å². The molecule has 0 radical (unpaired) electrons. The first-order chi connectivity index (χ1) is 7.11. The van der Waals surface area contributed by atoms with E-state index in [1.807, 2.05) is 0 Å². The van der Waals surface area contributed by atoms with Crippen LogP contribution in [0.3, 0.4) is 0 Å². The van der Waals surface area contributed by atoms with Gasteiger partial charge in [0.25, 0.3) is 0 Å². The summed E-state index contributed by atoms with van der Waals surface area (Å²) in [6.07, 6.45) is -0.397. The summed E-state index contributed by atoms with van der Waals surface area (Å²) >= 11 is 0. The summed E-state index contributed by atoms with van der Waals surface area (Å²) in [6.45, 7) is -0.961. The maximum absolute atomic E-state index is 11.5. The number of aliphatic hydroxyl groups excluding tert-OH is 2. The largest absolute Gasteiger partial charge is 0.395 e. The van der Waals surface area contributed by atoms with Gasteiger partial charge in [-0.2, -0.15) is 0 Å². The fourth-order valence-corrected chi connectivity index (χ4v) is 1.32. The minimum absolute atomic E-state index is 0.132. The van der Waals surface area contributed by atoms with E-state index in [9.17, 15) is 14.4 Å². The van der Waals surface area contributed by atoms with Crippen molar-refractivity contribution in [3.05, 3.63) is 0 Å². The summed E-state index contributed by atoms with van der Waals surface area (Å²) in [5.74, 6) is -1.23. The van der Waals surface area contributed by atoms with Crippen LogP contribution >= 0.6 is 0 Å². The molecule has 84 valence electrons. The molecule has 0 atom stereocenters. The maximum Gasteiger partial charge on any atom is 0.333 e. The van der Waals surface area contributed by atoms with Gasteiger partial charge in [0.2, 0.25) is 11.8 Å². The molecular formula is C8H12N2O5. The molecule has 0 aliphatic carbocycles. The Morgan fingerprint density at radius 1 is 0.933 bits per heavy atom. The van der Waals surface area contributed by atoms with Crippen molar-refractivity contribution in [3.8, 4) is 0 Å². The highest BCUT2D eigenvalue weighted by Gasteiger charge is 2.36. The SMILES string of the molecule is O=C1CC(=O)N(CCO)C(=O)N1CCO. The minimum Gasteiger partial charge on any atom is -0.395 e. The molecule has 0 saturated carbocycles. The normalized spacial score (nSPS) is 17.6. The van der Waals surface area contributed by atoms with Crippen LogP contribution in [-0.4, -0.2) is 64.2 Å². The Labute approximate surface area is 85.9 Å². The molecule has 0 unspecified atom stereocenters. The molecule has 0 bridgehead atoms. The van der Waals surface area contributed by atoms with Crippen LogP contribution in [0.5, 0.6) is 0 Å². The molecule has 7 heteroatoms. The van der Waals surface area contributed by atoms with Crippen molar-refractivity contribution >= 4 is 17.8 Å². The Morgan fingerprint density at radius 3 is 1.67 bits per heavy atom. The molecule has 0 spiro atoms. The Bertz CT molecular complexity index is 265. The van der Waals surface area contributed by atoms with Crippen LogP contribution < -0.4 is 0 Å². The maximum atomic E-state index is 11.5. The van der Waals surface area contributed by atoms with E-state index in [4.69, 9.17) is 10.2 Å². The van der Waals surface area contributed by atoms with E-state index in [-0.39, 0.29) is 26.3 Å². The van der Waals surface area contributed by atoms with Crippen molar-refractivity contribution in [3.63, 3.8) is 0 Å². The number of barbiturate groups is 1. The second kappa shape index (κ2) is 4.85. The molecule has 1 fully saturated rings. The number of hydrogen-bond acceptors (Lipinski definition) is 5. The lowest BCUT2D eigenvalue weighted by Crippen LogP contribution is -2.56. The van der Waals surface area contributed by atoms with Crippen LogP contribution in [0.2, 0.25) is 0 Å². The van der Waals surface area contributed by atoms with Crippen molar-refractivity contribution < 1.29 is 24.6 Å². The van der Waals surface area contributed by atoms with Gasteiger partial charge in [-0.25, -0.2) is 4.79 Å². The second-order valence-electron chi connectivity index (χ2n) is 3.00. The fraction of sp³-hybridized carbons (Fsp3) is 0.625. The number of hydrogen-bond donors (Lipinski definition) is 2. The summed E-state index contributed by atoms with van der Waals surface area (Å²) in [5.41, 5.74) is 0. The third-order valence-corrected chi connectivity index (χ3v) is 2.01. The summed E-state index contributed by atoms with van der Waals surface area (Å²) < 4.78 is 0. The zero-order valence-corrected chi connectivity index (χ0v) is 8.05. The van der Waals surface area contributed by atoms with E-state index in [1.54, 1.807) is 0 Å². The van der Waals surface area contributed by atoms with Gasteiger partial charge in [-0.15, -0.1) is 0 Å². The number of nitrogens with zero attached hydrogens (tertiary/aromatic N) is 2.